The molecule has 0 aromatic heterocycles. The van der Waals surface area contributed by atoms with Crippen LogP contribution in [0.25, 0.3) is 0 Å². The monoisotopic (exact) mass is 423 g/mol. The van der Waals surface area contributed by atoms with Crippen LogP contribution in [-0.4, -0.2) is 79.0 Å². The van der Waals surface area contributed by atoms with E-state index in [1.54, 1.807) is 4.90 Å². The Morgan fingerprint density at radius 1 is 1.10 bits per heavy atom. The molecule has 1 amide bonds. The number of aliphatic hydroxyl groups excluding tert-OH is 1. The molecule has 1 saturated heterocycles. The van der Waals surface area contributed by atoms with E-state index in [0.717, 1.165) is 25.2 Å². The maximum Gasteiger partial charge on any atom is 0.257 e. The second-order valence-corrected chi connectivity index (χ2v) is 8.60. The lowest BCUT2D eigenvalue weighted by Gasteiger charge is -2.32. The molecular formula is C24H29N3O4. The normalized spacial score (nSPS) is 20.2. The molecule has 3 aliphatic heterocycles. The summed E-state index contributed by atoms with van der Waals surface area (Å²) in [6.07, 6.45) is 0.387. The largest absolute Gasteiger partial charge is 0.491 e. The van der Waals surface area contributed by atoms with Gasteiger partial charge in [0, 0.05) is 31.9 Å². The minimum Gasteiger partial charge on any atom is -0.491 e. The van der Waals surface area contributed by atoms with Gasteiger partial charge in [0.1, 0.15) is 12.4 Å². The molecule has 1 fully saturated rings. The Morgan fingerprint density at radius 2 is 1.94 bits per heavy atom. The van der Waals surface area contributed by atoms with Crippen LogP contribution in [-0.2, 0) is 17.7 Å². The average molecular weight is 424 g/mol. The SMILES string of the molecule is O=C1c2cc(NC3COC3)ccc2OCCN1CC(O)CN1CCc2ccccc2C1. The molecule has 0 saturated carbocycles. The summed E-state index contributed by atoms with van der Waals surface area (Å²) in [5.41, 5.74) is 4.15. The number of hydrogen-bond acceptors (Lipinski definition) is 6. The second kappa shape index (κ2) is 8.86. The Kier molecular flexibility index (Phi) is 5.80. The van der Waals surface area contributed by atoms with Crippen molar-refractivity contribution in [3.05, 3.63) is 59.2 Å². The van der Waals surface area contributed by atoms with Gasteiger partial charge in [-0.1, -0.05) is 24.3 Å². The number of fused-ring (bicyclic) bond motifs is 2. The molecule has 31 heavy (non-hydrogen) atoms. The fourth-order valence-corrected chi connectivity index (χ4v) is 4.50. The Morgan fingerprint density at radius 3 is 2.74 bits per heavy atom. The first-order valence-electron chi connectivity index (χ1n) is 11.0. The van der Waals surface area contributed by atoms with E-state index in [1.165, 1.54) is 11.1 Å². The van der Waals surface area contributed by atoms with Gasteiger partial charge in [-0.2, -0.15) is 0 Å². The third kappa shape index (κ3) is 4.54. The van der Waals surface area contributed by atoms with Crippen LogP contribution in [0.3, 0.4) is 0 Å². The Bertz CT molecular complexity index is 946. The highest BCUT2D eigenvalue weighted by molar-refractivity contribution is 5.98. The molecule has 0 spiro atoms. The maximum absolute atomic E-state index is 13.2. The predicted octanol–water partition coefficient (Wildman–Crippen LogP) is 1.75. The van der Waals surface area contributed by atoms with Crippen LogP contribution in [0.1, 0.15) is 21.5 Å². The summed E-state index contributed by atoms with van der Waals surface area (Å²) in [4.78, 5) is 17.2. The van der Waals surface area contributed by atoms with Gasteiger partial charge in [-0.05, 0) is 35.7 Å². The smallest absolute Gasteiger partial charge is 0.257 e. The van der Waals surface area contributed by atoms with Gasteiger partial charge in [-0.3, -0.25) is 9.69 Å². The van der Waals surface area contributed by atoms with Crippen LogP contribution in [0.2, 0.25) is 0 Å². The molecule has 0 bridgehead atoms. The van der Waals surface area contributed by atoms with E-state index in [1.807, 2.05) is 18.2 Å². The van der Waals surface area contributed by atoms with Crippen LogP contribution in [0.15, 0.2) is 42.5 Å². The first kappa shape index (κ1) is 20.3. The van der Waals surface area contributed by atoms with E-state index in [2.05, 4.69) is 34.5 Å². The highest BCUT2D eigenvalue weighted by Crippen LogP contribution is 2.27. The van der Waals surface area contributed by atoms with E-state index in [0.29, 0.717) is 50.8 Å². The van der Waals surface area contributed by atoms with Gasteiger partial charge in [0.05, 0.1) is 37.5 Å². The third-order valence-corrected chi connectivity index (χ3v) is 6.23. The maximum atomic E-state index is 13.2. The second-order valence-electron chi connectivity index (χ2n) is 8.60. The number of nitrogens with zero attached hydrogens (tertiary/aromatic N) is 2. The van der Waals surface area contributed by atoms with E-state index < -0.39 is 6.10 Å². The molecule has 3 aliphatic rings. The molecule has 1 atom stereocenters. The van der Waals surface area contributed by atoms with Crippen LogP contribution < -0.4 is 10.1 Å². The van der Waals surface area contributed by atoms with Crippen molar-refractivity contribution in [3.8, 4) is 5.75 Å². The Labute approximate surface area is 182 Å². The molecule has 5 rings (SSSR count). The number of benzene rings is 2. The summed E-state index contributed by atoms with van der Waals surface area (Å²) in [6, 6.07) is 14.4. The molecular weight excluding hydrogens is 394 g/mol. The van der Waals surface area contributed by atoms with Crippen molar-refractivity contribution in [2.45, 2.75) is 25.1 Å². The lowest BCUT2D eigenvalue weighted by atomic mass is 10.00. The van der Waals surface area contributed by atoms with Crippen LogP contribution in [0, 0.1) is 0 Å². The van der Waals surface area contributed by atoms with Gasteiger partial charge in [0.25, 0.3) is 5.91 Å². The standard InChI is InChI=1S/C24H29N3O4/c28-21(13-26-8-7-17-3-1-2-4-18(17)12-26)14-27-9-10-31-23-6-5-19(11-22(23)24(27)29)25-20-15-30-16-20/h1-6,11,20-21,25,28H,7-10,12-16H2. The van der Waals surface area contributed by atoms with Crippen molar-refractivity contribution in [3.63, 3.8) is 0 Å². The third-order valence-electron chi connectivity index (χ3n) is 6.23. The van der Waals surface area contributed by atoms with Gasteiger partial charge >= 0.3 is 0 Å². The van der Waals surface area contributed by atoms with Gasteiger partial charge in [0.15, 0.2) is 0 Å². The summed E-state index contributed by atoms with van der Waals surface area (Å²) < 4.78 is 11.0. The van der Waals surface area contributed by atoms with Crippen molar-refractivity contribution >= 4 is 11.6 Å². The first-order valence-corrected chi connectivity index (χ1v) is 11.0. The van der Waals surface area contributed by atoms with Crippen molar-refractivity contribution < 1.29 is 19.4 Å². The lowest BCUT2D eigenvalue weighted by Crippen LogP contribution is -2.44. The quantitative estimate of drug-likeness (QED) is 0.738. The van der Waals surface area contributed by atoms with Crippen molar-refractivity contribution in [1.29, 1.82) is 0 Å². The van der Waals surface area contributed by atoms with Crippen LogP contribution in [0.5, 0.6) is 5.75 Å². The van der Waals surface area contributed by atoms with Crippen molar-refractivity contribution in [2.75, 3.05) is 51.3 Å². The Hall–Kier alpha value is -2.61. The number of nitrogens with one attached hydrogen (secondary N) is 1. The molecule has 0 aliphatic carbocycles. The summed E-state index contributed by atoms with van der Waals surface area (Å²) >= 11 is 0. The summed E-state index contributed by atoms with van der Waals surface area (Å²) in [7, 11) is 0. The number of amides is 1. The first-order chi connectivity index (χ1) is 15.2. The molecule has 1 unspecified atom stereocenters. The highest BCUT2D eigenvalue weighted by Gasteiger charge is 2.27. The van der Waals surface area contributed by atoms with E-state index in [9.17, 15) is 9.90 Å². The average Bonchev–Trinajstić information content (AvgIpc) is 2.89. The number of hydrogen-bond donors (Lipinski definition) is 2. The number of ether oxygens (including phenoxy) is 2. The zero-order valence-electron chi connectivity index (χ0n) is 17.6. The fraction of sp³-hybridized carbons (Fsp3) is 0.458. The lowest BCUT2D eigenvalue weighted by molar-refractivity contribution is 0.0211. The van der Waals surface area contributed by atoms with E-state index in [4.69, 9.17) is 9.47 Å². The van der Waals surface area contributed by atoms with Crippen LogP contribution >= 0.6 is 0 Å². The minimum absolute atomic E-state index is 0.0935. The molecule has 2 aromatic rings. The number of carbonyl (C=O) groups excluding carboxylic acids is 1. The van der Waals surface area contributed by atoms with Crippen molar-refractivity contribution in [2.24, 2.45) is 0 Å². The van der Waals surface area contributed by atoms with Crippen molar-refractivity contribution in [1.82, 2.24) is 9.80 Å². The van der Waals surface area contributed by atoms with Gasteiger partial charge < -0.3 is 24.8 Å². The number of β-amino-alcohol motifs (C(OH)–C–C–N with tert-alkyl or cyclic N) is 1. The predicted molar refractivity (Wildman–Crippen MR) is 118 cm³/mol. The van der Waals surface area contributed by atoms with Gasteiger partial charge in [0.2, 0.25) is 0 Å². The summed E-state index contributed by atoms with van der Waals surface area (Å²) in [5, 5.41) is 14.1. The van der Waals surface area contributed by atoms with Gasteiger partial charge in [-0.25, -0.2) is 0 Å². The molecule has 7 heteroatoms. The van der Waals surface area contributed by atoms with Crippen LogP contribution in [0.4, 0.5) is 5.69 Å². The summed E-state index contributed by atoms with van der Waals surface area (Å²) in [5.74, 6) is 0.508. The van der Waals surface area contributed by atoms with Gasteiger partial charge in [-0.15, -0.1) is 0 Å². The minimum atomic E-state index is -0.607. The summed E-state index contributed by atoms with van der Waals surface area (Å²) in [6.45, 7) is 4.87. The molecule has 2 aromatic carbocycles. The number of rotatable bonds is 6. The molecule has 3 heterocycles. The van der Waals surface area contributed by atoms with E-state index in [-0.39, 0.29) is 11.9 Å². The number of carbonyl (C=O) groups is 1. The molecule has 0 radical (unpaired) electrons. The fourth-order valence-electron chi connectivity index (χ4n) is 4.50. The molecule has 164 valence electrons. The number of anilines is 1. The molecule has 7 nitrogen and oxygen atoms in total. The molecule has 2 N–H and O–H groups in total. The zero-order chi connectivity index (χ0) is 21.2. The van der Waals surface area contributed by atoms with E-state index >= 15 is 0 Å². The number of aliphatic hydroxyl groups is 1. The highest BCUT2D eigenvalue weighted by atomic mass is 16.5. The Balaban J connectivity index is 1.22. The topological polar surface area (TPSA) is 74.3 Å². The zero-order valence-corrected chi connectivity index (χ0v) is 17.6.